The van der Waals surface area contributed by atoms with E-state index in [0.29, 0.717) is 28.5 Å². The molecule has 4 fully saturated rings. The third kappa shape index (κ3) is 7.18. The van der Waals surface area contributed by atoms with Gasteiger partial charge in [0.1, 0.15) is 18.1 Å². The molecule has 1 spiro atoms. The fraction of sp³-hybridized carbons (Fsp3) is 0.595. The van der Waals surface area contributed by atoms with E-state index in [1.807, 2.05) is 34.8 Å². The number of pyridine rings is 1. The molecule has 2 aromatic heterocycles. The highest BCUT2D eigenvalue weighted by molar-refractivity contribution is 6.01. The van der Waals surface area contributed by atoms with Crippen LogP contribution in [-0.4, -0.2) is 100 Å². The normalized spacial score (nSPS) is 24.7. The highest BCUT2D eigenvalue weighted by Gasteiger charge is 2.54. The third-order valence-corrected chi connectivity index (χ3v) is 10.6. The summed E-state index contributed by atoms with van der Waals surface area (Å²) in [7, 11) is 2.17. The molecule has 4 aliphatic rings. The molecule has 3 heterocycles. The summed E-state index contributed by atoms with van der Waals surface area (Å²) in [5.74, 6) is 1.07. The van der Waals surface area contributed by atoms with Crippen molar-refractivity contribution in [3.63, 3.8) is 0 Å². The van der Waals surface area contributed by atoms with Crippen molar-refractivity contribution < 1.29 is 24.2 Å². The van der Waals surface area contributed by atoms with Gasteiger partial charge >= 0.3 is 0 Å². The molecule has 1 aromatic carbocycles. The van der Waals surface area contributed by atoms with Crippen LogP contribution in [0.1, 0.15) is 96.7 Å². The zero-order valence-corrected chi connectivity index (χ0v) is 28.5. The molecule has 1 saturated heterocycles. The lowest BCUT2D eigenvalue weighted by Gasteiger charge is -2.57. The van der Waals surface area contributed by atoms with Gasteiger partial charge in [-0.25, -0.2) is 4.52 Å². The number of aromatic nitrogens is 2. The van der Waals surface area contributed by atoms with Gasteiger partial charge in [-0.1, -0.05) is 6.07 Å². The maximum absolute atomic E-state index is 13.4. The Morgan fingerprint density at radius 1 is 1.04 bits per heavy atom. The second-order valence-electron chi connectivity index (χ2n) is 15.5. The molecule has 1 aliphatic heterocycles. The molecule has 0 radical (unpaired) electrons. The van der Waals surface area contributed by atoms with Crippen LogP contribution >= 0.6 is 0 Å². The van der Waals surface area contributed by atoms with E-state index >= 15 is 0 Å². The number of piperazine rings is 1. The Morgan fingerprint density at radius 3 is 2.48 bits per heavy atom. The molecule has 4 N–H and O–H groups in total. The number of benzene rings is 1. The Hall–Kier alpha value is -3.67. The van der Waals surface area contributed by atoms with E-state index in [1.165, 1.54) is 5.56 Å². The van der Waals surface area contributed by atoms with E-state index in [-0.39, 0.29) is 30.1 Å². The highest BCUT2D eigenvalue weighted by Crippen LogP contribution is 2.57. The third-order valence-electron chi connectivity index (χ3n) is 10.6. The number of carbonyl (C=O) groups is 2. The van der Waals surface area contributed by atoms with Crippen LogP contribution in [0.4, 0.5) is 0 Å². The Bertz CT molecular complexity index is 1650. The number of hydrogen-bond donors (Lipinski definition) is 3. The molecule has 3 aromatic rings. The molecule has 3 saturated carbocycles. The van der Waals surface area contributed by atoms with Crippen molar-refractivity contribution in [2.24, 2.45) is 11.1 Å². The molecule has 2 amide bonds. The van der Waals surface area contributed by atoms with Crippen LogP contribution in [0.15, 0.2) is 36.5 Å². The Kier molecular flexibility index (Phi) is 8.89. The minimum Gasteiger partial charge on any atom is -0.490 e. The molecule has 3 aliphatic carbocycles. The van der Waals surface area contributed by atoms with Crippen molar-refractivity contribution in [3.8, 4) is 11.5 Å². The van der Waals surface area contributed by atoms with E-state index in [9.17, 15) is 14.7 Å². The number of nitrogens with two attached hydrogens (primary N) is 1. The second kappa shape index (κ2) is 13.0. The number of aryl methyl sites for hydroxylation is 1. The van der Waals surface area contributed by atoms with Gasteiger partial charge in [-0.2, -0.15) is 5.10 Å². The van der Waals surface area contributed by atoms with E-state index in [1.54, 1.807) is 20.0 Å². The van der Waals surface area contributed by atoms with Crippen LogP contribution in [-0.2, 0) is 6.42 Å². The molecule has 11 heteroatoms. The van der Waals surface area contributed by atoms with Gasteiger partial charge in [-0.3, -0.25) is 9.59 Å². The lowest BCUT2D eigenvalue weighted by Crippen LogP contribution is -2.58. The first-order chi connectivity index (χ1) is 23.0. The number of primary amides is 1. The van der Waals surface area contributed by atoms with Crippen LogP contribution in [0.25, 0.3) is 5.52 Å². The fourth-order valence-electron chi connectivity index (χ4n) is 7.79. The van der Waals surface area contributed by atoms with Crippen molar-refractivity contribution >= 4 is 17.3 Å². The molecular weight excluding hydrogens is 608 g/mol. The fourth-order valence-corrected chi connectivity index (χ4v) is 7.79. The molecule has 0 bridgehead atoms. The first-order valence-corrected chi connectivity index (χ1v) is 17.6. The summed E-state index contributed by atoms with van der Waals surface area (Å²) in [5, 5.41) is 18.0. The lowest BCUT2D eigenvalue weighted by molar-refractivity contribution is -0.0834. The number of nitrogens with one attached hydrogen (secondary N) is 1. The highest BCUT2D eigenvalue weighted by atomic mass is 16.5. The average molecular weight is 659 g/mol. The van der Waals surface area contributed by atoms with Crippen LogP contribution in [0, 0.1) is 5.41 Å². The van der Waals surface area contributed by atoms with Crippen LogP contribution < -0.4 is 20.5 Å². The average Bonchev–Trinajstić information content (AvgIpc) is 3.75. The quantitative estimate of drug-likeness (QED) is 0.253. The van der Waals surface area contributed by atoms with Gasteiger partial charge in [0, 0.05) is 38.1 Å². The van der Waals surface area contributed by atoms with Crippen molar-refractivity contribution in [1.82, 2.24) is 24.7 Å². The summed E-state index contributed by atoms with van der Waals surface area (Å²) in [6.45, 7) is 9.15. The lowest BCUT2D eigenvalue weighted by atomic mass is 9.53. The van der Waals surface area contributed by atoms with Crippen LogP contribution in [0.5, 0.6) is 11.5 Å². The summed E-state index contributed by atoms with van der Waals surface area (Å²) in [5.41, 5.74) is 8.83. The number of likely N-dealkylation sites (N-methyl/N-ethyl adjacent to an activating group) is 1. The molecule has 0 atom stereocenters. The number of aliphatic hydroxyl groups is 1. The first kappa shape index (κ1) is 32.9. The summed E-state index contributed by atoms with van der Waals surface area (Å²) < 4.78 is 14.2. The molecule has 7 rings (SSSR count). The smallest absolute Gasteiger partial charge is 0.255 e. The Labute approximate surface area is 282 Å². The molecule has 11 nitrogen and oxygen atoms in total. The maximum Gasteiger partial charge on any atom is 0.255 e. The number of carbonyl (C=O) groups excluding carboxylic acids is 2. The van der Waals surface area contributed by atoms with Gasteiger partial charge in [0.25, 0.3) is 11.8 Å². The maximum atomic E-state index is 13.4. The van der Waals surface area contributed by atoms with Gasteiger partial charge in [0.05, 0.1) is 40.2 Å². The van der Waals surface area contributed by atoms with Gasteiger partial charge in [0.15, 0.2) is 0 Å². The number of amides is 2. The predicted octanol–water partition coefficient (Wildman–Crippen LogP) is 3.76. The number of nitrogens with zero attached hydrogens (tertiary/aromatic N) is 4. The molecular formula is C37H50N6O5. The monoisotopic (exact) mass is 658 g/mol. The van der Waals surface area contributed by atoms with Gasteiger partial charge in [0.2, 0.25) is 0 Å². The number of hydrogen-bond acceptors (Lipinski definition) is 8. The van der Waals surface area contributed by atoms with Crippen molar-refractivity contribution in [1.29, 1.82) is 0 Å². The van der Waals surface area contributed by atoms with E-state index in [2.05, 4.69) is 27.3 Å². The van der Waals surface area contributed by atoms with E-state index < -0.39 is 11.5 Å². The van der Waals surface area contributed by atoms with Crippen LogP contribution in [0.2, 0.25) is 0 Å². The largest absolute Gasteiger partial charge is 0.490 e. The van der Waals surface area contributed by atoms with Crippen molar-refractivity contribution in [3.05, 3.63) is 58.9 Å². The Balaban J connectivity index is 0.913. The zero-order chi connectivity index (χ0) is 33.6. The zero-order valence-electron chi connectivity index (χ0n) is 28.5. The molecule has 48 heavy (non-hydrogen) atoms. The standard InChI is InChI=1S/C37H50N6O5/c1-36(2,46)23-47-31-11-10-30-29(22-39-43(30)33(31)25-7-8-25)35(45)40-26-18-37(19-26)20-27(21-37)48-32-17-24(6-9-28(32)34(38)44)5-4-12-42-15-13-41(3)14-16-42/h6,9-11,17,22,25-27,46H,4-5,7-8,12-16,18-21,23H2,1-3H3,(H2,38,44)(H,40,45). The van der Waals surface area contributed by atoms with Crippen molar-refractivity contribution in [2.45, 2.75) is 88.9 Å². The van der Waals surface area contributed by atoms with E-state index in [0.717, 1.165) is 95.3 Å². The van der Waals surface area contributed by atoms with Gasteiger partial charge < -0.3 is 35.4 Å². The van der Waals surface area contributed by atoms with Gasteiger partial charge in [-0.15, -0.1) is 0 Å². The second-order valence-corrected chi connectivity index (χ2v) is 15.5. The predicted molar refractivity (Wildman–Crippen MR) is 183 cm³/mol. The van der Waals surface area contributed by atoms with E-state index in [4.69, 9.17) is 15.2 Å². The Morgan fingerprint density at radius 2 is 1.79 bits per heavy atom. The van der Waals surface area contributed by atoms with Gasteiger partial charge in [-0.05, 0) is 114 Å². The summed E-state index contributed by atoms with van der Waals surface area (Å²) in [6, 6.07) is 9.70. The number of ether oxygens (including phenoxy) is 2. The van der Waals surface area contributed by atoms with Crippen molar-refractivity contribution in [2.75, 3.05) is 46.4 Å². The SMILES string of the molecule is CN1CCN(CCCc2ccc(C(N)=O)c(OC3CC4(CC(NC(=O)c5cnn6c(C7CC7)c(OCC(C)(C)O)ccc56)C4)C3)c2)CC1. The summed E-state index contributed by atoms with van der Waals surface area (Å²) in [4.78, 5) is 30.5. The number of fused-ring (bicyclic) bond motifs is 1. The van der Waals surface area contributed by atoms with Crippen LogP contribution in [0.3, 0.4) is 0 Å². The molecule has 258 valence electrons. The molecule has 0 unspecified atom stereocenters. The topological polar surface area (TPSA) is 135 Å². The summed E-state index contributed by atoms with van der Waals surface area (Å²) in [6.07, 6.45) is 9.42. The minimum absolute atomic E-state index is 0.0358. The number of rotatable bonds is 13. The summed E-state index contributed by atoms with van der Waals surface area (Å²) >= 11 is 0. The first-order valence-electron chi connectivity index (χ1n) is 17.6. The minimum atomic E-state index is -0.945.